The van der Waals surface area contributed by atoms with E-state index in [4.69, 9.17) is 9.47 Å². The van der Waals surface area contributed by atoms with Crippen LogP contribution in [0.25, 0.3) is 0 Å². The highest BCUT2D eigenvalue weighted by Gasteiger charge is 2.52. The fraction of sp³-hybridized carbons (Fsp3) is 0.682. The van der Waals surface area contributed by atoms with Crippen LogP contribution >= 0.6 is 0 Å². The first-order chi connectivity index (χ1) is 12.0. The Kier molecular flexibility index (Phi) is 4.29. The van der Waals surface area contributed by atoms with Crippen LogP contribution in [0, 0.1) is 17.3 Å². The lowest BCUT2D eigenvalue weighted by Crippen LogP contribution is -2.49. The molecule has 3 nitrogen and oxygen atoms in total. The molecule has 1 aromatic carbocycles. The molecule has 3 aliphatic rings. The van der Waals surface area contributed by atoms with E-state index in [0.29, 0.717) is 17.3 Å². The summed E-state index contributed by atoms with van der Waals surface area (Å²) in [6.07, 6.45) is 8.34. The van der Waals surface area contributed by atoms with Crippen molar-refractivity contribution in [3.63, 3.8) is 0 Å². The van der Waals surface area contributed by atoms with Crippen LogP contribution in [0.15, 0.2) is 18.2 Å². The molecule has 0 spiro atoms. The average molecular weight is 342 g/mol. The first-order valence-corrected chi connectivity index (χ1v) is 9.86. The van der Waals surface area contributed by atoms with Crippen molar-refractivity contribution in [1.82, 2.24) is 0 Å². The van der Waals surface area contributed by atoms with Gasteiger partial charge in [-0.3, -0.25) is 4.79 Å². The second-order valence-corrected chi connectivity index (χ2v) is 8.57. The number of esters is 1. The van der Waals surface area contributed by atoms with Crippen LogP contribution in [0.5, 0.6) is 5.75 Å². The van der Waals surface area contributed by atoms with E-state index in [-0.39, 0.29) is 12.1 Å². The molecule has 4 rings (SSSR count). The maximum atomic E-state index is 11.3. The molecule has 0 bridgehead atoms. The van der Waals surface area contributed by atoms with E-state index in [1.165, 1.54) is 43.7 Å². The van der Waals surface area contributed by atoms with Gasteiger partial charge in [0, 0.05) is 6.92 Å². The van der Waals surface area contributed by atoms with Crippen molar-refractivity contribution in [1.29, 1.82) is 0 Å². The summed E-state index contributed by atoms with van der Waals surface area (Å²) in [7, 11) is 1.79. The number of carbonyl (C=O) groups excluding carboxylic acids is 1. The van der Waals surface area contributed by atoms with Gasteiger partial charge in [0.2, 0.25) is 0 Å². The van der Waals surface area contributed by atoms with Gasteiger partial charge in [-0.15, -0.1) is 0 Å². The first-order valence-electron chi connectivity index (χ1n) is 9.86. The van der Waals surface area contributed by atoms with Gasteiger partial charge in [-0.1, -0.05) is 19.1 Å². The Morgan fingerprint density at radius 3 is 2.80 bits per heavy atom. The summed E-state index contributed by atoms with van der Waals surface area (Å²) in [5.74, 6) is 3.07. The summed E-state index contributed by atoms with van der Waals surface area (Å²) >= 11 is 0. The van der Waals surface area contributed by atoms with E-state index in [9.17, 15) is 4.79 Å². The van der Waals surface area contributed by atoms with Crippen molar-refractivity contribution in [3.8, 4) is 5.75 Å². The highest BCUT2D eigenvalue weighted by atomic mass is 16.5. The molecule has 2 saturated carbocycles. The van der Waals surface area contributed by atoms with Crippen molar-refractivity contribution in [2.75, 3.05) is 7.11 Å². The molecular weight excluding hydrogens is 312 g/mol. The van der Waals surface area contributed by atoms with Gasteiger partial charge in [-0.05, 0) is 85.3 Å². The van der Waals surface area contributed by atoms with Crippen molar-refractivity contribution in [2.45, 2.75) is 70.8 Å². The molecule has 0 amide bonds. The lowest BCUT2D eigenvalue weighted by atomic mass is 9.49. The van der Waals surface area contributed by atoms with Crippen molar-refractivity contribution in [3.05, 3.63) is 29.3 Å². The molecule has 2 fully saturated rings. The Morgan fingerprint density at radius 2 is 2.04 bits per heavy atom. The molecule has 0 heterocycles. The van der Waals surface area contributed by atoms with Crippen molar-refractivity contribution < 1.29 is 14.3 Å². The van der Waals surface area contributed by atoms with E-state index < -0.39 is 0 Å². The summed E-state index contributed by atoms with van der Waals surface area (Å²) in [5, 5.41) is 0. The molecular formula is C22H30O3. The summed E-state index contributed by atoms with van der Waals surface area (Å²) in [6.45, 7) is 4.06. The molecule has 0 N–H and O–H groups in total. The summed E-state index contributed by atoms with van der Waals surface area (Å²) in [5.41, 5.74) is 3.37. The van der Waals surface area contributed by atoms with Crippen LogP contribution in [0.4, 0.5) is 0 Å². The Hall–Kier alpha value is -1.51. The van der Waals surface area contributed by atoms with E-state index >= 15 is 0 Å². The number of ether oxygens (including phenoxy) is 2. The molecule has 5 atom stereocenters. The molecule has 0 unspecified atom stereocenters. The van der Waals surface area contributed by atoms with Crippen LogP contribution in [0.1, 0.15) is 69.4 Å². The number of carbonyl (C=O) groups is 1. The van der Waals surface area contributed by atoms with Gasteiger partial charge in [0.15, 0.2) is 0 Å². The minimum atomic E-state index is -0.124. The third-order valence-corrected chi connectivity index (χ3v) is 7.47. The van der Waals surface area contributed by atoms with E-state index in [1.807, 2.05) is 0 Å². The summed E-state index contributed by atoms with van der Waals surface area (Å²) in [6, 6.07) is 6.60. The predicted octanol–water partition coefficient (Wildman–Crippen LogP) is 4.87. The molecule has 0 aliphatic heterocycles. The molecule has 1 aromatic rings. The second-order valence-electron chi connectivity index (χ2n) is 8.57. The highest BCUT2D eigenvalue weighted by Crippen LogP contribution is 2.61. The van der Waals surface area contributed by atoms with Gasteiger partial charge in [-0.2, -0.15) is 0 Å². The lowest BCUT2D eigenvalue weighted by Gasteiger charge is -2.56. The lowest BCUT2D eigenvalue weighted by molar-refractivity contribution is -0.153. The molecule has 0 radical (unpaired) electrons. The molecule has 0 aromatic heterocycles. The fourth-order valence-electron chi connectivity index (χ4n) is 6.29. The largest absolute Gasteiger partial charge is 0.496 e. The number of fused-ring (bicyclic) bond motifs is 5. The van der Waals surface area contributed by atoms with Crippen LogP contribution in [0.3, 0.4) is 0 Å². The monoisotopic (exact) mass is 342 g/mol. The Morgan fingerprint density at radius 1 is 1.20 bits per heavy atom. The van der Waals surface area contributed by atoms with Gasteiger partial charge in [0.05, 0.1) is 7.11 Å². The predicted molar refractivity (Wildman–Crippen MR) is 97.8 cm³/mol. The van der Waals surface area contributed by atoms with Crippen molar-refractivity contribution >= 4 is 5.97 Å². The van der Waals surface area contributed by atoms with Gasteiger partial charge >= 0.3 is 5.97 Å². The minimum Gasteiger partial charge on any atom is -0.496 e. The summed E-state index contributed by atoms with van der Waals surface area (Å²) in [4.78, 5) is 11.3. The minimum absolute atomic E-state index is 0.124. The van der Waals surface area contributed by atoms with Gasteiger partial charge < -0.3 is 9.47 Å². The summed E-state index contributed by atoms with van der Waals surface area (Å²) < 4.78 is 11.2. The third-order valence-electron chi connectivity index (χ3n) is 7.47. The van der Waals surface area contributed by atoms with E-state index in [0.717, 1.165) is 30.9 Å². The molecule has 25 heavy (non-hydrogen) atoms. The molecule has 0 saturated heterocycles. The van der Waals surface area contributed by atoms with E-state index in [1.54, 1.807) is 7.11 Å². The SMILES string of the molecule is COc1cccc2c1CC[C@@H]1[C@H]2CC[C@@H]2C[C@H](OC(C)=O)CC[C@@]21C. The number of hydrogen-bond donors (Lipinski definition) is 0. The van der Waals surface area contributed by atoms with Gasteiger partial charge in [0.1, 0.15) is 11.9 Å². The van der Waals surface area contributed by atoms with Gasteiger partial charge in [-0.25, -0.2) is 0 Å². The maximum Gasteiger partial charge on any atom is 0.302 e. The van der Waals surface area contributed by atoms with Crippen LogP contribution in [0.2, 0.25) is 0 Å². The Bertz CT molecular complexity index is 667. The highest BCUT2D eigenvalue weighted by molar-refractivity contribution is 5.66. The Balaban J connectivity index is 1.60. The molecule has 3 aliphatic carbocycles. The maximum absolute atomic E-state index is 11.3. The quantitative estimate of drug-likeness (QED) is 0.719. The fourth-order valence-corrected chi connectivity index (χ4v) is 6.29. The Labute approximate surface area is 151 Å². The van der Waals surface area contributed by atoms with Gasteiger partial charge in [0.25, 0.3) is 0 Å². The molecule has 3 heteroatoms. The van der Waals surface area contributed by atoms with Crippen LogP contribution in [-0.2, 0) is 16.0 Å². The molecule has 136 valence electrons. The first kappa shape index (κ1) is 16.9. The average Bonchev–Trinajstić information content (AvgIpc) is 2.60. The van der Waals surface area contributed by atoms with Crippen LogP contribution in [-0.4, -0.2) is 19.2 Å². The third kappa shape index (κ3) is 2.76. The number of benzene rings is 1. The number of rotatable bonds is 2. The number of methoxy groups -OCH3 is 1. The number of hydrogen-bond acceptors (Lipinski definition) is 3. The van der Waals surface area contributed by atoms with E-state index in [2.05, 4.69) is 25.1 Å². The second kappa shape index (κ2) is 6.34. The normalized spacial score (nSPS) is 36.6. The zero-order valence-electron chi connectivity index (χ0n) is 15.7. The topological polar surface area (TPSA) is 35.5 Å². The van der Waals surface area contributed by atoms with Crippen LogP contribution < -0.4 is 4.74 Å². The zero-order chi connectivity index (χ0) is 17.6. The standard InChI is InChI=1S/C22H30O3/c1-14(23)25-16-11-12-22(2)15(13-16)7-8-18-17-5-4-6-21(24-3)19(17)9-10-20(18)22/h4-6,15-16,18,20H,7-13H2,1-3H3/t15-,16-,18+,20-,22+/m1/s1. The van der Waals surface area contributed by atoms with Crippen molar-refractivity contribution in [2.24, 2.45) is 17.3 Å². The smallest absolute Gasteiger partial charge is 0.302 e. The zero-order valence-corrected chi connectivity index (χ0v) is 15.7.